The molecule has 1 heterocycles. The van der Waals surface area contributed by atoms with Gasteiger partial charge in [0, 0.05) is 19.4 Å². The first kappa shape index (κ1) is 29.8. The Balaban J connectivity index is 0.00000420. The molecule has 39 heavy (non-hydrogen) atoms. The van der Waals surface area contributed by atoms with Gasteiger partial charge in [0.05, 0.1) is 26.3 Å². The van der Waals surface area contributed by atoms with Gasteiger partial charge in [-0.1, -0.05) is 48.5 Å². The summed E-state index contributed by atoms with van der Waals surface area (Å²) in [6.45, 7) is 3.27. The third kappa shape index (κ3) is 6.27. The Morgan fingerprint density at radius 2 is 1.46 bits per heavy atom. The number of urea groups is 1. The van der Waals surface area contributed by atoms with E-state index in [4.69, 9.17) is 14.3 Å². The summed E-state index contributed by atoms with van der Waals surface area (Å²) in [4.78, 5) is 47.3. The van der Waals surface area contributed by atoms with Crippen molar-refractivity contribution in [3.8, 4) is 11.5 Å². The Kier molecular flexibility index (Phi) is 9.80. The topological polar surface area (TPSA) is 90.3 Å². The Hall–Kier alpha value is -3.79. The summed E-state index contributed by atoms with van der Waals surface area (Å²) in [7, 11) is 4.40. The number of aromatic nitrogens is 1. The number of aryl methyl sites for hydroxylation is 1. The molecule has 4 rings (SSSR count). The van der Waals surface area contributed by atoms with Crippen LogP contribution in [0.5, 0.6) is 11.5 Å². The van der Waals surface area contributed by atoms with Crippen molar-refractivity contribution >= 4 is 64.1 Å². The summed E-state index contributed by atoms with van der Waals surface area (Å²) in [5.74, 6) is -0.424. The summed E-state index contributed by atoms with van der Waals surface area (Å²) in [5.41, 5.74) is 2.65. The number of rotatable bonds is 7. The third-order valence-electron chi connectivity index (χ3n) is 6.01. The summed E-state index contributed by atoms with van der Waals surface area (Å²) in [5, 5.41) is 0.681. The number of anilines is 1. The average molecular weight is 540 g/mol. The van der Waals surface area contributed by atoms with Gasteiger partial charge in [-0.05, 0) is 42.3 Å². The van der Waals surface area contributed by atoms with Crippen LogP contribution >= 0.6 is 0 Å². The van der Waals surface area contributed by atoms with Gasteiger partial charge in [-0.25, -0.2) is 9.59 Å². The number of fused-ring (bicyclic) bond motifs is 1. The number of nitrogens with zero attached hydrogens (tertiary/aromatic N) is 3. The molecule has 0 aliphatic heterocycles. The SMILES string of the molecule is COc1cc(C)cc(OC)c1N(Cc1ccccc1)C(=O)N(C)C(=O)c1cc2ccccc2n1OC(C)=O.[NaH]. The molecule has 9 nitrogen and oxygen atoms in total. The zero-order chi connectivity index (χ0) is 27.4. The fourth-order valence-corrected chi connectivity index (χ4v) is 4.24. The van der Waals surface area contributed by atoms with Crippen molar-refractivity contribution in [1.29, 1.82) is 0 Å². The van der Waals surface area contributed by atoms with E-state index in [9.17, 15) is 14.4 Å². The Labute approximate surface area is 249 Å². The van der Waals surface area contributed by atoms with E-state index in [2.05, 4.69) is 0 Å². The van der Waals surface area contributed by atoms with E-state index in [1.807, 2.05) is 37.3 Å². The fourth-order valence-electron chi connectivity index (χ4n) is 4.24. The Bertz CT molecular complexity index is 1480. The fraction of sp³-hybridized carbons (Fsp3) is 0.207. The molecular formula is C29H30N3NaO6. The van der Waals surface area contributed by atoms with Crippen molar-refractivity contribution < 1.29 is 28.7 Å². The summed E-state index contributed by atoms with van der Waals surface area (Å²) >= 11 is 0. The van der Waals surface area contributed by atoms with Gasteiger partial charge in [-0.3, -0.25) is 14.6 Å². The first-order valence-electron chi connectivity index (χ1n) is 11.9. The molecule has 0 unspecified atom stereocenters. The first-order valence-corrected chi connectivity index (χ1v) is 11.9. The van der Waals surface area contributed by atoms with Gasteiger partial charge in [-0.15, -0.1) is 0 Å². The standard InChI is InChI=1S/C29H29N3O6.Na.H/c1-19-15-25(36-4)27(26(16-19)37-5)31(18-21-11-7-6-8-12-21)29(35)30(3)28(34)24-17-22-13-9-10-14-23(22)32(24)38-20(2)33;;/h6-17H,18H2,1-5H3;;. The molecule has 0 spiro atoms. The van der Waals surface area contributed by atoms with Crippen LogP contribution in [0.1, 0.15) is 28.5 Å². The van der Waals surface area contributed by atoms with E-state index in [0.29, 0.717) is 28.1 Å². The zero-order valence-electron chi connectivity index (χ0n) is 21.9. The maximum atomic E-state index is 14.0. The predicted octanol–water partition coefficient (Wildman–Crippen LogP) is 4.19. The molecule has 0 bridgehead atoms. The second-order valence-electron chi connectivity index (χ2n) is 8.70. The molecule has 0 aliphatic rings. The van der Waals surface area contributed by atoms with Gasteiger partial charge >= 0.3 is 41.6 Å². The minimum atomic E-state index is -0.657. The second kappa shape index (κ2) is 12.8. The van der Waals surface area contributed by atoms with Crippen LogP contribution in [0.15, 0.2) is 72.8 Å². The molecule has 1 aromatic heterocycles. The normalized spacial score (nSPS) is 10.4. The number of benzene rings is 3. The first-order chi connectivity index (χ1) is 18.2. The number of methoxy groups -OCH3 is 2. The van der Waals surface area contributed by atoms with Crippen molar-refractivity contribution in [2.45, 2.75) is 20.4 Å². The quantitative estimate of drug-likeness (QED) is 0.327. The number of hydrogen-bond donors (Lipinski definition) is 0. The van der Waals surface area contributed by atoms with Crippen molar-refractivity contribution in [2.24, 2.45) is 0 Å². The number of ether oxygens (including phenoxy) is 2. The molecule has 0 atom stereocenters. The number of imide groups is 1. The molecule has 0 fully saturated rings. The van der Waals surface area contributed by atoms with Crippen LogP contribution in [0, 0.1) is 6.92 Å². The maximum absolute atomic E-state index is 14.0. The number of carbonyl (C=O) groups is 3. The van der Waals surface area contributed by atoms with Crippen LogP contribution in [-0.4, -0.2) is 78.4 Å². The molecule has 0 radical (unpaired) electrons. The average Bonchev–Trinajstić information content (AvgIpc) is 3.28. The summed E-state index contributed by atoms with van der Waals surface area (Å²) in [6, 6.07) is 21.0. The van der Waals surface area contributed by atoms with E-state index in [0.717, 1.165) is 20.8 Å². The minimum absolute atomic E-state index is 0. The van der Waals surface area contributed by atoms with Crippen LogP contribution in [-0.2, 0) is 11.3 Å². The molecule has 4 aromatic rings. The predicted molar refractivity (Wildman–Crippen MR) is 151 cm³/mol. The molecule has 0 aliphatic carbocycles. The Morgan fingerprint density at radius 3 is 2.05 bits per heavy atom. The molecular weight excluding hydrogens is 509 g/mol. The van der Waals surface area contributed by atoms with Crippen LogP contribution in [0.25, 0.3) is 10.9 Å². The van der Waals surface area contributed by atoms with Crippen molar-refractivity contribution in [1.82, 2.24) is 9.63 Å². The second-order valence-corrected chi connectivity index (χ2v) is 8.70. The van der Waals surface area contributed by atoms with Gasteiger partial charge in [0.2, 0.25) is 0 Å². The molecule has 0 saturated carbocycles. The monoisotopic (exact) mass is 539 g/mol. The summed E-state index contributed by atoms with van der Waals surface area (Å²) < 4.78 is 12.4. The van der Waals surface area contributed by atoms with Crippen molar-refractivity contribution in [3.63, 3.8) is 0 Å². The molecule has 3 amide bonds. The number of hydrogen-bond acceptors (Lipinski definition) is 6. The van der Waals surface area contributed by atoms with Gasteiger partial charge in [0.15, 0.2) is 0 Å². The van der Waals surface area contributed by atoms with Gasteiger partial charge in [0.25, 0.3) is 5.91 Å². The summed E-state index contributed by atoms with van der Waals surface area (Å²) in [6.07, 6.45) is 0. The van der Waals surface area contributed by atoms with Gasteiger partial charge in [0.1, 0.15) is 22.9 Å². The van der Waals surface area contributed by atoms with Gasteiger partial charge in [-0.2, -0.15) is 4.73 Å². The van der Waals surface area contributed by atoms with E-state index in [1.165, 1.54) is 33.1 Å². The Morgan fingerprint density at radius 1 is 0.872 bits per heavy atom. The number of para-hydroxylation sites is 1. The molecule has 0 saturated heterocycles. The molecule has 198 valence electrons. The van der Waals surface area contributed by atoms with E-state index < -0.39 is 17.9 Å². The number of carbonyl (C=O) groups excluding carboxylic acids is 3. The van der Waals surface area contributed by atoms with Crippen LogP contribution in [0.4, 0.5) is 10.5 Å². The van der Waals surface area contributed by atoms with Crippen molar-refractivity contribution in [2.75, 3.05) is 26.2 Å². The van der Waals surface area contributed by atoms with E-state index in [-0.39, 0.29) is 41.8 Å². The molecule has 0 N–H and O–H groups in total. The molecule has 10 heteroatoms. The van der Waals surface area contributed by atoms with E-state index in [1.54, 1.807) is 42.5 Å². The third-order valence-corrected chi connectivity index (χ3v) is 6.01. The van der Waals surface area contributed by atoms with Crippen LogP contribution < -0.4 is 19.2 Å². The van der Waals surface area contributed by atoms with E-state index >= 15 is 0 Å². The van der Waals surface area contributed by atoms with Crippen molar-refractivity contribution in [3.05, 3.63) is 89.6 Å². The van der Waals surface area contributed by atoms with Crippen LogP contribution in [0.2, 0.25) is 0 Å². The zero-order valence-corrected chi connectivity index (χ0v) is 21.9. The van der Waals surface area contributed by atoms with Gasteiger partial charge < -0.3 is 14.3 Å². The number of amides is 3. The molecule has 3 aromatic carbocycles. The van der Waals surface area contributed by atoms with Crippen LogP contribution in [0.3, 0.4) is 0 Å².